The van der Waals surface area contributed by atoms with Crippen molar-refractivity contribution in [2.45, 2.75) is 19.4 Å². The highest BCUT2D eigenvalue weighted by Crippen LogP contribution is 2.22. The number of aromatic carboxylic acids is 1. The average Bonchev–Trinajstić information content (AvgIpc) is 2.87. The van der Waals surface area contributed by atoms with E-state index in [1.54, 1.807) is 6.92 Å². The molecule has 6 nitrogen and oxygen atoms in total. The van der Waals surface area contributed by atoms with Crippen LogP contribution in [-0.2, 0) is 7.05 Å². The van der Waals surface area contributed by atoms with E-state index < -0.39 is 29.6 Å². The predicted molar refractivity (Wildman–Crippen MR) is 77.0 cm³/mol. The van der Waals surface area contributed by atoms with Gasteiger partial charge in [0, 0.05) is 18.7 Å². The first kappa shape index (κ1) is 16.6. The number of amides is 1. The fourth-order valence-corrected chi connectivity index (χ4v) is 2.27. The standard InChI is InChI=1S/C15H15F2N3O3/c1-3-12(9-5-4-8(16)6-11(9)17)19-14(21)13-10(15(22)23)7-18-20(13)2/h4-7,12H,3H2,1-2H3,(H,19,21)(H,22,23). The van der Waals surface area contributed by atoms with E-state index >= 15 is 0 Å². The first-order valence-electron chi connectivity index (χ1n) is 6.86. The molecular weight excluding hydrogens is 308 g/mol. The number of hydrogen-bond donors (Lipinski definition) is 2. The number of carboxylic acids is 1. The molecule has 0 fully saturated rings. The van der Waals surface area contributed by atoms with Gasteiger partial charge in [0.25, 0.3) is 5.91 Å². The summed E-state index contributed by atoms with van der Waals surface area (Å²) in [6.07, 6.45) is 1.41. The first-order valence-corrected chi connectivity index (χ1v) is 6.86. The van der Waals surface area contributed by atoms with Crippen molar-refractivity contribution in [1.82, 2.24) is 15.1 Å². The molecule has 1 unspecified atom stereocenters. The summed E-state index contributed by atoms with van der Waals surface area (Å²) in [6.45, 7) is 1.72. The van der Waals surface area contributed by atoms with Crippen LogP contribution in [0.25, 0.3) is 0 Å². The van der Waals surface area contributed by atoms with Crippen LogP contribution in [0.4, 0.5) is 8.78 Å². The highest BCUT2D eigenvalue weighted by Gasteiger charge is 2.24. The molecule has 23 heavy (non-hydrogen) atoms. The smallest absolute Gasteiger partial charge is 0.339 e. The summed E-state index contributed by atoms with van der Waals surface area (Å²) in [4.78, 5) is 23.5. The molecule has 1 atom stereocenters. The SMILES string of the molecule is CCC(NC(=O)c1c(C(=O)O)cnn1C)c1ccc(F)cc1F. The van der Waals surface area contributed by atoms with Gasteiger partial charge < -0.3 is 10.4 Å². The molecular formula is C15H15F2N3O3. The summed E-state index contributed by atoms with van der Waals surface area (Å²) >= 11 is 0. The van der Waals surface area contributed by atoms with Crippen molar-refractivity contribution in [3.63, 3.8) is 0 Å². The third kappa shape index (κ3) is 3.36. The number of halogens is 2. The van der Waals surface area contributed by atoms with Gasteiger partial charge in [0.2, 0.25) is 0 Å². The highest BCUT2D eigenvalue weighted by molar-refractivity contribution is 6.03. The van der Waals surface area contributed by atoms with Gasteiger partial charge in [-0.25, -0.2) is 13.6 Å². The summed E-state index contributed by atoms with van der Waals surface area (Å²) < 4.78 is 28.0. The summed E-state index contributed by atoms with van der Waals surface area (Å²) in [7, 11) is 1.43. The van der Waals surface area contributed by atoms with Crippen LogP contribution in [0, 0.1) is 11.6 Å². The van der Waals surface area contributed by atoms with Crippen LogP contribution in [0.2, 0.25) is 0 Å². The van der Waals surface area contributed by atoms with E-state index in [9.17, 15) is 18.4 Å². The second kappa shape index (κ2) is 6.55. The summed E-state index contributed by atoms with van der Waals surface area (Å²) in [5.41, 5.74) is -0.265. The zero-order valence-corrected chi connectivity index (χ0v) is 12.5. The molecule has 0 saturated heterocycles. The quantitative estimate of drug-likeness (QED) is 0.884. The van der Waals surface area contributed by atoms with Crippen LogP contribution in [0.5, 0.6) is 0 Å². The van der Waals surface area contributed by atoms with Crippen molar-refractivity contribution in [1.29, 1.82) is 0 Å². The van der Waals surface area contributed by atoms with E-state index in [0.717, 1.165) is 23.0 Å². The zero-order valence-electron chi connectivity index (χ0n) is 12.5. The monoisotopic (exact) mass is 323 g/mol. The summed E-state index contributed by atoms with van der Waals surface area (Å²) in [5, 5.41) is 15.4. The molecule has 8 heteroatoms. The molecule has 0 radical (unpaired) electrons. The number of aromatic nitrogens is 2. The zero-order chi connectivity index (χ0) is 17.1. The number of hydrogen-bond acceptors (Lipinski definition) is 3. The Kier molecular flexibility index (Phi) is 4.73. The second-order valence-electron chi connectivity index (χ2n) is 4.94. The van der Waals surface area contributed by atoms with E-state index in [1.807, 2.05) is 0 Å². The topological polar surface area (TPSA) is 84.2 Å². The molecule has 2 aromatic rings. The lowest BCUT2D eigenvalue weighted by Gasteiger charge is -2.18. The van der Waals surface area contributed by atoms with Crippen LogP contribution < -0.4 is 5.32 Å². The van der Waals surface area contributed by atoms with Crippen molar-refractivity contribution in [3.05, 3.63) is 52.9 Å². The lowest BCUT2D eigenvalue weighted by Crippen LogP contribution is -2.31. The Balaban J connectivity index is 2.31. The van der Waals surface area contributed by atoms with Crippen LogP contribution in [0.15, 0.2) is 24.4 Å². The average molecular weight is 323 g/mol. The Morgan fingerprint density at radius 3 is 2.65 bits per heavy atom. The largest absolute Gasteiger partial charge is 0.478 e. The Labute approximate surface area is 130 Å². The van der Waals surface area contributed by atoms with Gasteiger partial charge >= 0.3 is 5.97 Å². The molecule has 1 aromatic carbocycles. The fourth-order valence-electron chi connectivity index (χ4n) is 2.27. The highest BCUT2D eigenvalue weighted by atomic mass is 19.1. The minimum absolute atomic E-state index is 0.126. The van der Waals surface area contributed by atoms with Crippen LogP contribution >= 0.6 is 0 Å². The minimum Gasteiger partial charge on any atom is -0.478 e. The Morgan fingerprint density at radius 2 is 2.09 bits per heavy atom. The van der Waals surface area contributed by atoms with Crippen LogP contribution in [0.1, 0.15) is 45.8 Å². The van der Waals surface area contributed by atoms with Crippen molar-refractivity contribution < 1.29 is 23.5 Å². The second-order valence-corrected chi connectivity index (χ2v) is 4.94. The molecule has 122 valence electrons. The van der Waals surface area contributed by atoms with Gasteiger partial charge in [0.1, 0.15) is 22.9 Å². The van der Waals surface area contributed by atoms with E-state index in [1.165, 1.54) is 13.1 Å². The van der Waals surface area contributed by atoms with E-state index in [-0.39, 0.29) is 16.8 Å². The number of carbonyl (C=O) groups excluding carboxylic acids is 1. The third-order valence-corrected chi connectivity index (χ3v) is 3.44. The number of nitrogens with zero attached hydrogens (tertiary/aromatic N) is 2. The number of carbonyl (C=O) groups is 2. The van der Waals surface area contributed by atoms with Crippen molar-refractivity contribution in [3.8, 4) is 0 Å². The molecule has 1 aromatic heterocycles. The summed E-state index contributed by atoms with van der Waals surface area (Å²) in [5.74, 6) is -3.48. The number of nitrogens with one attached hydrogen (secondary N) is 1. The Hall–Kier alpha value is -2.77. The number of carboxylic acid groups (broad SMARTS) is 1. The minimum atomic E-state index is -1.29. The molecule has 1 heterocycles. The van der Waals surface area contributed by atoms with Crippen LogP contribution in [0.3, 0.4) is 0 Å². The molecule has 1 amide bonds. The predicted octanol–water partition coefficient (Wildman–Crippen LogP) is 2.28. The van der Waals surface area contributed by atoms with E-state index in [0.29, 0.717) is 6.42 Å². The maximum Gasteiger partial charge on any atom is 0.339 e. The lowest BCUT2D eigenvalue weighted by molar-refractivity contribution is 0.0690. The maximum absolute atomic E-state index is 13.9. The van der Waals surface area contributed by atoms with Crippen LogP contribution in [-0.4, -0.2) is 26.8 Å². The molecule has 0 saturated carbocycles. The van der Waals surface area contributed by atoms with E-state index in [4.69, 9.17) is 5.11 Å². The Bertz CT molecular complexity index is 758. The van der Waals surface area contributed by atoms with Gasteiger partial charge in [-0.05, 0) is 12.5 Å². The van der Waals surface area contributed by atoms with Gasteiger partial charge in [-0.2, -0.15) is 5.10 Å². The maximum atomic E-state index is 13.9. The number of aryl methyl sites for hydroxylation is 1. The van der Waals surface area contributed by atoms with Gasteiger partial charge in [0.05, 0.1) is 12.2 Å². The van der Waals surface area contributed by atoms with Gasteiger partial charge in [0.15, 0.2) is 0 Å². The lowest BCUT2D eigenvalue weighted by atomic mass is 10.0. The van der Waals surface area contributed by atoms with E-state index in [2.05, 4.69) is 10.4 Å². The number of rotatable bonds is 5. The molecule has 0 aliphatic rings. The normalized spacial score (nSPS) is 12.0. The van der Waals surface area contributed by atoms with Gasteiger partial charge in [-0.15, -0.1) is 0 Å². The molecule has 0 aliphatic heterocycles. The molecule has 0 bridgehead atoms. The molecule has 2 rings (SSSR count). The van der Waals surface area contributed by atoms with Crippen molar-refractivity contribution in [2.75, 3.05) is 0 Å². The Morgan fingerprint density at radius 1 is 1.39 bits per heavy atom. The van der Waals surface area contributed by atoms with Crippen molar-refractivity contribution in [2.24, 2.45) is 7.05 Å². The van der Waals surface area contributed by atoms with Gasteiger partial charge in [-0.1, -0.05) is 13.0 Å². The fraction of sp³-hybridized carbons (Fsp3) is 0.267. The van der Waals surface area contributed by atoms with Gasteiger partial charge in [-0.3, -0.25) is 9.48 Å². The van der Waals surface area contributed by atoms with Crippen molar-refractivity contribution >= 4 is 11.9 Å². The third-order valence-electron chi connectivity index (χ3n) is 3.44. The molecule has 2 N–H and O–H groups in total. The number of benzene rings is 1. The summed E-state index contributed by atoms with van der Waals surface area (Å²) in [6, 6.07) is 2.36. The first-order chi connectivity index (χ1) is 10.8. The molecule has 0 spiro atoms. The molecule has 0 aliphatic carbocycles.